The van der Waals surface area contributed by atoms with Gasteiger partial charge in [-0.1, -0.05) is 11.8 Å². The van der Waals surface area contributed by atoms with Gasteiger partial charge in [0.1, 0.15) is 10.6 Å². The fraction of sp³-hybridized carbons (Fsp3) is 0.632. The second kappa shape index (κ2) is 7.44. The molecular formula is C19H24N2O3S2. The van der Waals surface area contributed by atoms with E-state index in [0.29, 0.717) is 11.7 Å². The van der Waals surface area contributed by atoms with Gasteiger partial charge in [0.05, 0.1) is 23.3 Å². The third-order valence-corrected chi connectivity index (χ3v) is 7.70. The first kappa shape index (κ1) is 18.2. The molecule has 4 rings (SSSR count). The molecule has 0 saturated carbocycles. The van der Waals surface area contributed by atoms with Gasteiger partial charge in [-0.2, -0.15) is 0 Å². The van der Waals surface area contributed by atoms with Gasteiger partial charge in [0.2, 0.25) is 0 Å². The Balaban J connectivity index is 1.83. The number of Topliss-reactive ketones (excluding diaryl/α,β-unsaturated/α-hetero) is 1. The Morgan fingerprint density at radius 1 is 1.38 bits per heavy atom. The molecule has 0 bridgehead atoms. The van der Waals surface area contributed by atoms with Gasteiger partial charge in [0, 0.05) is 11.5 Å². The number of ether oxygens (including phenoxy) is 1. The van der Waals surface area contributed by atoms with Crippen molar-refractivity contribution >= 4 is 39.1 Å². The summed E-state index contributed by atoms with van der Waals surface area (Å²) < 4.78 is 7.53. The number of nitrogens with zero attached hydrogens (tertiary/aromatic N) is 2. The van der Waals surface area contributed by atoms with Gasteiger partial charge < -0.3 is 4.74 Å². The van der Waals surface area contributed by atoms with Crippen LogP contribution in [0.4, 0.5) is 0 Å². The first-order valence-electron chi connectivity index (χ1n) is 9.38. The van der Waals surface area contributed by atoms with E-state index in [1.165, 1.54) is 28.6 Å². The first-order chi connectivity index (χ1) is 12.5. The highest BCUT2D eigenvalue weighted by Gasteiger charge is 2.26. The minimum atomic E-state index is -0.218. The summed E-state index contributed by atoms with van der Waals surface area (Å²) in [4.78, 5) is 32.2. The summed E-state index contributed by atoms with van der Waals surface area (Å²) in [5.74, 6) is 0.0958. The summed E-state index contributed by atoms with van der Waals surface area (Å²) in [6, 6.07) is 0. The van der Waals surface area contributed by atoms with E-state index in [2.05, 4.69) is 0 Å². The van der Waals surface area contributed by atoms with E-state index in [1.54, 1.807) is 22.8 Å². The summed E-state index contributed by atoms with van der Waals surface area (Å²) >= 11 is 3.05. The predicted octanol–water partition coefficient (Wildman–Crippen LogP) is 3.59. The normalized spacial score (nSPS) is 21.1. The molecule has 1 aliphatic heterocycles. The monoisotopic (exact) mass is 392 g/mol. The van der Waals surface area contributed by atoms with Crippen LogP contribution in [0.25, 0.3) is 10.2 Å². The van der Waals surface area contributed by atoms with E-state index in [-0.39, 0.29) is 22.7 Å². The molecular weight excluding hydrogens is 368 g/mol. The zero-order valence-electron chi connectivity index (χ0n) is 15.2. The summed E-state index contributed by atoms with van der Waals surface area (Å²) in [5, 5.41) is 1.24. The Morgan fingerprint density at radius 3 is 2.92 bits per heavy atom. The smallest absolute Gasteiger partial charge is 0.263 e. The first-order valence-corrected chi connectivity index (χ1v) is 11.1. The maximum atomic E-state index is 13.4. The summed E-state index contributed by atoms with van der Waals surface area (Å²) in [6.45, 7) is 4.75. The second-order valence-electron chi connectivity index (χ2n) is 7.21. The highest BCUT2D eigenvalue weighted by atomic mass is 32.2. The number of hydrogen-bond donors (Lipinski definition) is 0. The van der Waals surface area contributed by atoms with E-state index in [1.807, 2.05) is 6.92 Å². The number of thiophene rings is 1. The Bertz CT molecular complexity index is 896. The summed E-state index contributed by atoms with van der Waals surface area (Å²) in [5.41, 5.74) is 1.26. The number of aryl methyl sites for hydroxylation is 2. The molecule has 2 unspecified atom stereocenters. The van der Waals surface area contributed by atoms with Crippen molar-refractivity contribution in [2.24, 2.45) is 0 Å². The number of aromatic nitrogens is 2. The zero-order chi connectivity index (χ0) is 18.3. The number of carbonyl (C=O) groups excluding carboxylic acids is 1. The summed E-state index contributed by atoms with van der Waals surface area (Å²) in [6.07, 6.45) is 6.42. The lowest BCUT2D eigenvalue weighted by molar-refractivity contribution is -0.116. The third-order valence-electron chi connectivity index (χ3n) is 5.30. The van der Waals surface area contributed by atoms with E-state index in [9.17, 15) is 9.59 Å². The predicted molar refractivity (Wildman–Crippen MR) is 105 cm³/mol. The van der Waals surface area contributed by atoms with Crippen LogP contribution in [0.2, 0.25) is 0 Å². The van der Waals surface area contributed by atoms with Crippen LogP contribution in [0.3, 0.4) is 0 Å². The maximum absolute atomic E-state index is 13.4. The molecule has 1 saturated heterocycles. The number of rotatable bonds is 5. The van der Waals surface area contributed by atoms with Crippen molar-refractivity contribution in [3.8, 4) is 0 Å². The van der Waals surface area contributed by atoms with Gasteiger partial charge in [0.25, 0.3) is 5.56 Å². The maximum Gasteiger partial charge on any atom is 0.263 e. The molecule has 2 aromatic rings. The standard InChI is InChI=1S/C19H24N2O3S2/c1-11(22)12(2)25-19-20-17-16(14-7-3-4-8-15(14)26-17)18(23)21(19)10-13-6-5-9-24-13/h12-13H,3-10H2,1-2H3. The number of fused-ring (bicyclic) bond motifs is 3. The van der Waals surface area contributed by atoms with Crippen molar-refractivity contribution in [3.05, 3.63) is 20.8 Å². The molecule has 5 nitrogen and oxygen atoms in total. The highest BCUT2D eigenvalue weighted by molar-refractivity contribution is 8.00. The molecule has 7 heteroatoms. The lowest BCUT2D eigenvalue weighted by atomic mass is 9.97. The Kier molecular flexibility index (Phi) is 5.21. The van der Waals surface area contributed by atoms with Crippen LogP contribution < -0.4 is 5.56 Å². The van der Waals surface area contributed by atoms with E-state index < -0.39 is 0 Å². The molecule has 0 radical (unpaired) electrons. The highest BCUT2D eigenvalue weighted by Crippen LogP contribution is 2.35. The van der Waals surface area contributed by atoms with Crippen LogP contribution in [-0.4, -0.2) is 33.3 Å². The van der Waals surface area contributed by atoms with Gasteiger partial charge in [-0.3, -0.25) is 14.2 Å². The second-order valence-corrected chi connectivity index (χ2v) is 9.60. The van der Waals surface area contributed by atoms with E-state index in [4.69, 9.17) is 9.72 Å². The topological polar surface area (TPSA) is 61.2 Å². The van der Waals surface area contributed by atoms with Crippen LogP contribution in [0.15, 0.2) is 9.95 Å². The number of hydrogen-bond acceptors (Lipinski definition) is 6. The molecule has 3 heterocycles. The molecule has 0 spiro atoms. The fourth-order valence-electron chi connectivity index (χ4n) is 3.70. The van der Waals surface area contributed by atoms with Crippen molar-refractivity contribution in [1.82, 2.24) is 9.55 Å². The van der Waals surface area contributed by atoms with Crippen LogP contribution in [0.5, 0.6) is 0 Å². The fourth-order valence-corrected chi connectivity index (χ4v) is 5.92. The minimum Gasteiger partial charge on any atom is -0.376 e. The number of ketones is 1. The van der Waals surface area contributed by atoms with E-state index in [0.717, 1.165) is 48.9 Å². The quantitative estimate of drug-likeness (QED) is 0.575. The Morgan fingerprint density at radius 2 is 2.19 bits per heavy atom. The molecule has 0 amide bonds. The Hall–Kier alpha value is -1.18. The van der Waals surface area contributed by atoms with Gasteiger partial charge in [-0.15, -0.1) is 11.3 Å². The lowest BCUT2D eigenvalue weighted by Crippen LogP contribution is -2.29. The van der Waals surface area contributed by atoms with Crippen molar-refractivity contribution in [2.75, 3.05) is 6.61 Å². The van der Waals surface area contributed by atoms with Crippen LogP contribution >= 0.6 is 23.1 Å². The molecule has 0 N–H and O–H groups in total. The average molecular weight is 393 g/mol. The van der Waals surface area contributed by atoms with Gasteiger partial charge in [-0.25, -0.2) is 4.98 Å². The van der Waals surface area contributed by atoms with Crippen LogP contribution in [-0.2, 0) is 28.9 Å². The molecule has 2 aliphatic rings. The molecule has 1 aliphatic carbocycles. The van der Waals surface area contributed by atoms with Gasteiger partial charge in [-0.05, 0) is 57.9 Å². The third kappa shape index (κ3) is 3.37. The molecule has 1 fully saturated rings. The number of carbonyl (C=O) groups is 1. The molecule has 2 aromatic heterocycles. The van der Waals surface area contributed by atoms with Crippen molar-refractivity contribution in [2.45, 2.75) is 75.4 Å². The molecule has 140 valence electrons. The molecule has 0 aromatic carbocycles. The van der Waals surface area contributed by atoms with Gasteiger partial charge >= 0.3 is 0 Å². The lowest BCUT2D eigenvalue weighted by Gasteiger charge is -2.17. The van der Waals surface area contributed by atoms with Crippen LogP contribution in [0.1, 0.15) is 50.0 Å². The zero-order valence-corrected chi connectivity index (χ0v) is 16.9. The van der Waals surface area contributed by atoms with Crippen molar-refractivity contribution < 1.29 is 9.53 Å². The van der Waals surface area contributed by atoms with E-state index >= 15 is 0 Å². The van der Waals surface area contributed by atoms with Crippen LogP contribution in [0, 0.1) is 0 Å². The summed E-state index contributed by atoms with van der Waals surface area (Å²) in [7, 11) is 0. The largest absolute Gasteiger partial charge is 0.376 e. The average Bonchev–Trinajstić information content (AvgIpc) is 3.25. The van der Waals surface area contributed by atoms with Gasteiger partial charge in [0.15, 0.2) is 5.16 Å². The molecule has 2 atom stereocenters. The van der Waals surface area contributed by atoms with Crippen molar-refractivity contribution in [3.63, 3.8) is 0 Å². The molecule has 26 heavy (non-hydrogen) atoms. The SMILES string of the molecule is CC(=O)C(C)Sc1nc2sc3c(c2c(=O)n1CC1CCCO1)CCCC3. The minimum absolute atomic E-state index is 0.0446. The van der Waals surface area contributed by atoms with Crippen molar-refractivity contribution in [1.29, 1.82) is 0 Å². The number of thioether (sulfide) groups is 1. The Labute approximate surface area is 161 Å².